The van der Waals surface area contributed by atoms with E-state index in [9.17, 15) is 4.79 Å². The molecular formula is C16H20N4O2S. The maximum absolute atomic E-state index is 12.3. The number of rotatable bonds is 3. The molecule has 4 rings (SSSR count). The number of amides is 1. The average molecular weight is 332 g/mol. The van der Waals surface area contributed by atoms with E-state index >= 15 is 0 Å². The minimum Gasteiger partial charge on any atom is -0.351 e. The Bertz CT molecular complexity index is 648. The average Bonchev–Trinajstić information content (AvgIpc) is 3.31. The van der Waals surface area contributed by atoms with Gasteiger partial charge in [0.1, 0.15) is 5.01 Å². The van der Waals surface area contributed by atoms with Crippen LogP contribution in [0.25, 0.3) is 0 Å². The van der Waals surface area contributed by atoms with Crippen molar-refractivity contribution in [3.8, 4) is 0 Å². The molecule has 2 aromatic rings. The molecule has 0 bridgehead atoms. The molecule has 0 atom stereocenters. The van der Waals surface area contributed by atoms with Crippen molar-refractivity contribution in [1.82, 2.24) is 19.9 Å². The summed E-state index contributed by atoms with van der Waals surface area (Å²) in [7, 11) is 0. The molecule has 4 heterocycles. The van der Waals surface area contributed by atoms with E-state index in [4.69, 9.17) is 4.52 Å². The molecule has 0 radical (unpaired) electrons. The van der Waals surface area contributed by atoms with Crippen LogP contribution < -0.4 is 0 Å². The lowest BCUT2D eigenvalue weighted by atomic mass is 9.77. The Morgan fingerprint density at radius 3 is 2.78 bits per heavy atom. The van der Waals surface area contributed by atoms with E-state index in [1.807, 2.05) is 16.5 Å². The highest BCUT2D eigenvalue weighted by atomic mass is 32.1. The van der Waals surface area contributed by atoms with Crippen LogP contribution in [0.2, 0.25) is 0 Å². The summed E-state index contributed by atoms with van der Waals surface area (Å²) in [6, 6.07) is 1.64. The summed E-state index contributed by atoms with van der Waals surface area (Å²) in [5.41, 5.74) is 0.370. The number of carbonyl (C=O) groups is 1. The maximum atomic E-state index is 12.3. The van der Waals surface area contributed by atoms with Gasteiger partial charge < -0.3 is 9.42 Å². The van der Waals surface area contributed by atoms with Crippen molar-refractivity contribution in [2.75, 3.05) is 26.2 Å². The van der Waals surface area contributed by atoms with Gasteiger partial charge >= 0.3 is 0 Å². The van der Waals surface area contributed by atoms with E-state index in [0.717, 1.165) is 45.6 Å². The highest BCUT2D eigenvalue weighted by Gasteiger charge is 2.41. The summed E-state index contributed by atoms with van der Waals surface area (Å²) in [5.74, 6) is 0.313. The second-order valence-corrected chi connectivity index (χ2v) is 7.53. The van der Waals surface area contributed by atoms with E-state index in [1.165, 1.54) is 17.6 Å². The number of nitrogens with zero attached hydrogens (tertiary/aromatic N) is 4. The van der Waals surface area contributed by atoms with Gasteiger partial charge in [-0.3, -0.25) is 9.69 Å². The van der Waals surface area contributed by atoms with Gasteiger partial charge in [0.05, 0.1) is 12.7 Å². The van der Waals surface area contributed by atoms with Crippen molar-refractivity contribution >= 4 is 17.2 Å². The normalized spacial score (nSPS) is 21.1. The molecule has 0 aliphatic carbocycles. The molecule has 2 fully saturated rings. The third-order valence-corrected chi connectivity index (χ3v) is 5.88. The summed E-state index contributed by atoms with van der Waals surface area (Å²) in [4.78, 5) is 21.1. The van der Waals surface area contributed by atoms with Crippen LogP contribution in [0, 0.1) is 5.41 Å². The molecule has 6 nitrogen and oxygen atoms in total. The zero-order chi connectivity index (χ0) is 15.7. The number of thiazole rings is 1. The van der Waals surface area contributed by atoms with Crippen molar-refractivity contribution in [1.29, 1.82) is 0 Å². The fourth-order valence-corrected chi connectivity index (χ4v) is 4.42. The number of aromatic nitrogens is 2. The van der Waals surface area contributed by atoms with E-state index in [-0.39, 0.29) is 5.91 Å². The van der Waals surface area contributed by atoms with Gasteiger partial charge in [-0.15, -0.1) is 11.3 Å². The first-order chi connectivity index (χ1) is 11.2. The molecule has 0 aromatic carbocycles. The number of piperidine rings is 1. The molecule has 2 aromatic heterocycles. The van der Waals surface area contributed by atoms with Crippen LogP contribution in [0.1, 0.15) is 34.8 Å². The number of hydrogen-bond acceptors (Lipinski definition) is 6. The lowest BCUT2D eigenvalue weighted by Gasteiger charge is -2.39. The lowest BCUT2D eigenvalue weighted by Crippen LogP contribution is -2.44. The van der Waals surface area contributed by atoms with Crippen LogP contribution in [0.5, 0.6) is 0 Å². The Morgan fingerprint density at radius 1 is 1.26 bits per heavy atom. The van der Waals surface area contributed by atoms with Crippen LogP contribution in [0.3, 0.4) is 0 Å². The zero-order valence-corrected chi connectivity index (χ0v) is 13.8. The van der Waals surface area contributed by atoms with Gasteiger partial charge in [0.25, 0.3) is 5.91 Å². The zero-order valence-electron chi connectivity index (χ0n) is 13.0. The Balaban J connectivity index is 1.33. The molecule has 2 saturated heterocycles. The molecule has 1 spiro atoms. The number of likely N-dealkylation sites (tertiary alicyclic amines) is 2. The van der Waals surface area contributed by atoms with Crippen LogP contribution >= 0.6 is 11.3 Å². The fraction of sp³-hybridized carbons (Fsp3) is 0.562. The van der Waals surface area contributed by atoms with Gasteiger partial charge in [0, 0.05) is 37.3 Å². The Kier molecular flexibility index (Phi) is 3.90. The highest BCUT2D eigenvalue weighted by Crippen LogP contribution is 2.41. The first-order valence-electron chi connectivity index (χ1n) is 8.05. The Morgan fingerprint density at radius 2 is 2.09 bits per heavy atom. The van der Waals surface area contributed by atoms with E-state index in [0.29, 0.717) is 11.2 Å². The van der Waals surface area contributed by atoms with Gasteiger partial charge in [-0.25, -0.2) is 4.98 Å². The van der Waals surface area contributed by atoms with E-state index < -0.39 is 0 Å². The van der Waals surface area contributed by atoms with Crippen molar-refractivity contribution in [2.24, 2.45) is 5.41 Å². The van der Waals surface area contributed by atoms with Crippen LogP contribution in [0.4, 0.5) is 0 Å². The van der Waals surface area contributed by atoms with Gasteiger partial charge in [-0.2, -0.15) is 0 Å². The molecular weight excluding hydrogens is 312 g/mol. The van der Waals surface area contributed by atoms with E-state index in [1.54, 1.807) is 17.4 Å². The number of hydrogen-bond donors (Lipinski definition) is 0. The minimum absolute atomic E-state index is 0.0324. The fourth-order valence-electron chi connectivity index (χ4n) is 3.76. The molecule has 0 N–H and O–H groups in total. The lowest BCUT2D eigenvalue weighted by molar-refractivity contribution is 0.0549. The highest BCUT2D eigenvalue weighted by molar-refractivity contribution is 7.09. The first-order valence-corrected chi connectivity index (χ1v) is 8.93. The largest absolute Gasteiger partial charge is 0.351 e. The van der Waals surface area contributed by atoms with Gasteiger partial charge in [0.2, 0.25) is 5.76 Å². The Hall–Kier alpha value is -1.73. The van der Waals surface area contributed by atoms with Crippen LogP contribution in [0.15, 0.2) is 28.4 Å². The summed E-state index contributed by atoms with van der Waals surface area (Å²) in [5, 5.41) is 6.85. The van der Waals surface area contributed by atoms with Crippen molar-refractivity contribution in [3.63, 3.8) is 0 Å². The SMILES string of the molecule is O=C(c1ccno1)N1CCC2(CCN(Cc3nccs3)C2)CC1. The molecule has 0 unspecified atom stereocenters. The van der Waals surface area contributed by atoms with Crippen molar-refractivity contribution in [2.45, 2.75) is 25.8 Å². The van der Waals surface area contributed by atoms with Crippen molar-refractivity contribution in [3.05, 3.63) is 34.6 Å². The predicted octanol–water partition coefficient (Wildman–Crippen LogP) is 2.26. The van der Waals surface area contributed by atoms with E-state index in [2.05, 4.69) is 15.0 Å². The second-order valence-electron chi connectivity index (χ2n) is 6.56. The molecule has 1 amide bonds. The quantitative estimate of drug-likeness (QED) is 0.863. The Labute approximate surface area is 139 Å². The molecule has 2 aliphatic rings. The first kappa shape index (κ1) is 14.8. The van der Waals surface area contributed by atoms with Gasteiger partial charge in [-0.1, -0.05) is 5.16 Å². The molecule has 0 saturated carbocycles. The summed E-state index contributed by atoms with van der Waals surface area (Å²) >= 11 is 1.73. The molecule has 122 valence electrons. The number of carbonyl (C=O) groups excluding carboxylic acids is 1. The van der Waals surface area contributed by atoms with Crippen LogP contribution in [-0.4, -0.2) is 52.0 Å². The summed E-state index contributed by atoms with van der Waals surface area (Å²) < 4.78 is 4.99. The molecule has 23 heavy (non-hydrogen) atoms. The van der Waals surface area contributed by atoms with Gasteiger partial charge in [-0.05, 0) is 31.2 Å². The summed E-state index contributed by atoms with van der Waals surface area (Å²) in [6.07, 6.45) is 6.76. The third-order valence-electron chi connectivity index (χ3n) is 5.12. The summed E-state index contributed by atoms with van der Waals surface area (Å²) in [6.45, 7) is 4.84. The maximum Gasteiger partial charge on any atom is 0.292 e. The van der Waals surface area contributed by atoms with Crippen LogP contribution in [-0.2, 0) is 6.54 Å². The standard InChI is InChI=1S/C16H20N4O2S/c21-15(13-1-5-18-22-13)20-8-3-16(4-9-20)2-7-19(12-16)11-14-17-6-10-23-14/h1,5-6,10H,2-4,7-9,11-12H2. The monoisotopic (exact) mass is 332 g/mol. The van der Waals surface area contributed by atoms with Gasteiger partial charge in [0.15, 0.2) is 0 Å². The molecule has 2 aliphatic heterocycles. The second kappa shape index (κ2) is 6.05. The minimum atomic E-state index is -0.0324. The molecule has 7 heteroatoms. The predicted molar refractivity (Wildman–Crippen MR) is 86.1 cm³/mol. The smallest absolute Gasteiger partial charge is 0.292 e. The van der Waals surface area contributed by atoms with Crippen molar-refractivity contribution < 1.29 is 9.32 Å². The third kappa shape index (κ3) is 3.03. The topological polar surface area (TPSA) is 62.5 Å².